The first kappa shape index (κ1) is 22.9. The molecule has 1 fully saturated rings. The number of sulfone groups is 1. The van der Waals surface area contributed by atoms with E-state index in [0.29, 0.717) is 18.4 Å². The van der Waals surface area contributed by atoms with Crippen LogP contribution in [-0.2, 0) is 29.9 Å². The van der Waals surface area contributed by atoms with E-state index >= 15 is 0 Å². The van der Waals surface area contributed by atoms with Gasteiger partial charge < -0.3 is 0 Å². The van der Waals surface area contributed by atoms with Gasteiger partial charge in [-0.1, -0.05) is 24.3 Å². The molecule has 0 bridgehead atoms. The van der Waals surface area contributed by atoms with E-state index in [-0.39, 0.29) is 33.8 Å². The van der Waals surface area contributed by atoms with E-state index in [0.717, 1.165) is 6.26 Å². The fourth-order valence-corrected chi connectivity index (χ4v) is 7.10. The van der Waals surface area contributed by atoms with Gasteiger partial charge in [0.15, 0.2) is 9.84 Å². The lowest BCUT2D eigenvalue weighted by Crippen LogP contribution is -2.46. The van der Waals surface area contributed by atoms with Crippen molar-refractivity contribution >= 4 is 29.9 Å². The van der Waals surface area contributed by atoms with Crippen LogP contribution in [-0.4, -0.2) is 54.9 Å². The smallest absolute Gasteiger partial charge is 0.224 e. The van der Waals surface area contributed by atoms with Crippen LogP contribution in [0.25, 0.3) is 0 Å². The van der Waals surface area contributed by atoms with Crippen molar-refractivity contribution in [2.45, 2.75) is 40.5 Å². The van der Waals surface area contributed by atoms with Gasteiger partial charge in [-0.25, -0.2) is 30.0 Å². The summed E-state index contributed by atoms with van der Waals surface area (Å²) in [7, 11) is -11.1. The lowest BCUT2D eigenvalue weighted by atomic mass is 10.1. The Balaban J connectivity index is 1.75. The second-order valence-electron chi connectivity index (χ2n) is 7.31. The van der Waals surface area contributed by atoms with Crippen LogP contribution < -0.4 is 4.72 Å². The Bertz CT molecular complexity index is 1230. The predicted molar refractivity (Wildman–Crippen MR) is 113 cm³/mol. The van der Waals surface area contributed by atoms with Gasteiger partial charge in [0.05, 0.1) is 14.7 Å². The van der Waals surface area contributed by atoms with Crippen molar-refractivity contribution in [2.24, 2.45) is 0 Å². The maximum Gasteiger partial charge on any atom is 0.243 e. The molecule has 3 rings (SSSR count). The molecule has 0 saturated carbocycles. The SMILES string of the molecule is Cc1ccc(S(C)(=O)=O)cc1S(=O)(=O)N1CCC(NS(=O)(=O)c2ccccc2)CC1. The van der Waals surface area contributed by atoms with Crippen LogP contribution in [0.1, 0.15) is 18.4 Å². The number of nitrogens with one attached hydrogen (secondary N) is 1. The van der Waals surface area contributed by atoms with Gasteiger partial charge in [-0.15, -0.1) is 0 Å². The number of aryl methyl sites for hydroxylation is 1. The molecule has 0 aliphatic carbocycles. The van der Waals surface area contributed by atoms with Crippen LogP contribution in [0.15, 0.2) is 63.2 Å². The van der Waals surface area contributed by atoms with Crippen molar-refractivity contribution in [3.63, 3.8) is 0 Å². The molecule has 1 saturated heterocycles. The van der Waals surface area contributed by atoms with E-state index in [1.807, 2.05) is 0 Å². The van der Waals surface area contributed by atoms with Crippen LogP contribution in [0.2, 0.25) is 0 Å². The van der Waals surface area contributed by atoms with Gasteiger partial charge in [-0.2, -0.15) is 4.31 Å². The van der Waals surface area contributed by atoms with Crippen LogP contribution in [0.5, 0.6) is 0 Å². The van der Waals surface area contributed by atoms with Crippen molar-refractivity contribution in [3.8, 4) is 0 Å². The number of hydrogen-bond donors (Lipinski definition) is 1. The molecule has 30 heavy (non-hydrogen) atoms. The summed E-state index contributed by atoms with van der Waals surface area (Å²) >= 11 is 0. The largest absolute Gasteiger partial charge is 0.243 e. The average molecular weight is 473 g/mol. The summed E-state index contributed by atoms with van der Waals surface area (Å²) in [5.74, 6) is 0. The summed E-state index contributed by atoms with van der Waals surface area (Å²) in [5, 5.41) is 0. The van der Waals surface area contributed by atoms with Crippen molar-refractivity contribution in [1.82, 2.24) is 9.03 Å². The molecule has 1 N–H and O–H groups in total. The molecule has 2 aromatic carbocycles. The highest BCUT2D eigenvalue weighted by atomic mass is 32.2. The Labute approximate surface area is 177 Å². The molecule has 0 aromatic heterocycles. The van der Waals surface area contributed by atoms with Crippen LogP contribution in [0.4, 0.5) is 0 Å². The van der Waals surface area contributed by atoms with Crippen LogP contribution >= 0.6 is 0 Å². The fraction of sp³-hybridized carbons (Fsp3) is 0.368. The van der Waals surface area contributed by atoms with Crippen LogP contribution in [0.3, 0.4) is 0 Å². The zero-order valence-corrected chi connectivity index (χ0v) is 19.1. The Hall–Kier alpha value is -1.79. The molecule has 0 spiro atoms. The maximum absolute atomic E-state index is 13.1. The molecule has 0 amide bonds. The minimum atomic E-state index is -3.90. The normalized spacial score (nSPS) is 17.1. The lowest BCUT2D eigenvalue weighted by molar-refractivity contribution is 0.308. The molecular weight excluding hydrogens is 448 g/mol. The monoisotopic (exact) mass is 472 g/mol. The number of nitrogens with zero attached hydrogens (tertiary/aromatic N) is 1. The second-order valence-corrected chi connectivity index (χ2v) is 12.9. The van der Waals surface area contributed by atoms with Crippen molar-refractivity contribution in [2.75, 3.05) is 19.3 Å². The summed E-state index contributed by atoms with van der Waals surface area (Å²) < 4.78 is 78.7. The van der Waals surface area contributed by atoms with E-state index in [1.54, 1.807) is 25.1 Å². The molecule has 2 aromatic rings. The van der Waals surface area contributed by atoms with Crippen molar-refractivity contribution in [1.29, 1.82) is 0 Å². The molecule has 0 atom stereocenters. The standard InChI is InChI=1S/C19H24N2O6S3/c1-15-8-9-18(28(2,22)23)14-19(15)30(26,27)21-12-10-16(11-13-21)20-29(24,25)17-6-4-3-5-7-17/h3-9,14,16,20H,10-13H2,1-2H3. The fourth-order valence-electron chi connectivity index (χ4n) is 3.33. The minimum absolute atomic E-state index is 0.0475. The van der Waals surface area contributed by atoms with Gasteiger partial charge in [0.2, 0.25) is 20.0 Å². The average Bonchev–Trinajstić information content (AvgIpc) is 2.68. The van der Waals surface area contributed by atoms with Gasteiger partial charge in [0.25, 0.3) is 0 Å². The van der Waals surface area contributed by atoms with Gasteiger partial charge in [0, 0.05) is 25.4 Å². The predicted octanol–water partition coefficient (Wildman–Crippen LogP) is 1.53. The molecule has 0 radical (unpaired) electrons. The lowest BCUT2D eigenvalue weighted by Gasteiger charge is -2.31. The summed E-state index contributed by atoms with van der Waals surface area (Å²) in [4.78, 5) is 0.0548. The Morgan fingerprint density at radius 2 is 1.47 bits per heavy atom. The van der Waals surface area contributed by atoms with Crippen LogP contribution in [0, 0.1) is 6.92 Å². The second kappa shape index (κ2) is 8.39. The summed E-state index contributed by atoms with van der Waals surface area (Å²) in [6, 6.07) is 11.7. The summed E-state index contributed by atoms with van der Waals surface area (Å²) in [6.45, 7) is 1.87. The molecule has 1 aliphatic heterocycles. The number of hydrogen-bond acceptors (Lipinski definition) is 6. The van der Waals surface area contributed by atoms with Crippen molar-refractivity contribution < 1.29 is 25.3 Å². The quantitative estimate of drug-likeness (QED) is 0.681. The van der Waals surface area contributed by atoms with E-state index in [4.69, 9.17) is 0 Å². The molecule has 1 aliphatic rings. The molecule has 8 nitrogen and oxygen atoms in total. The Kier molecular flexibility index (Phi) is 6.40. The van der Waals surface area contributed by atoms with Gasteiger partial charge >= 0.3 is 0 Å². The first-order valence-electron chi connectivity index (χ1n) is 9.29. The summed E-state index contributed by atoms with van der Waals surface area (Å²) in [6.07, 6.45) is 1.66. The number of sulfonamides is 2. The molecule has 164 valence electrons. The van der Waals surface area contributed by atoms with Crippen molar-refractivity contribution in [3.05, 3.63) is 54.1 Å². The molecule has 11 heteroatoms. The van der Waals surface area contributed by atoms with Gasteiger partial charge in [0.1, 0.15) is 0 Å². The maximum atomic E-state index is 13.1. The highest BCUT2D eigenvalue weighted by Crippen LogP contribution is 2.26. The third-order valence-electron chi connectivity index (χ3n) is 5.03. The third kappa shape index (κ3) is 4.92. The number of benzene rings is 2. The van der Waals surface area contributed by atoms with E-state index in [1.165, 1.54) is 34.6 Å². The first-order valence-corrected chi connectivity index (χ1v) is 14.1. The molecular formula is C19H24N2O6S3. The Morgan fingerprint density at radius 1 is 0.867 bits per heavy atom. The zero-order valence-electron chi connectivity index (χ0n) is 16.6. The number of rotatable bonds is 6. The highest BCUT2D eigenvalue weighted by molar-refractivity contribution is 7.91. The summed E-state index contributed by atoms with van der Waals surface area (Å²) in [5.41, 5.74) is 0.453. The Morgan fingerprint density at radius 3 is 2.03 bits per heavy atom. The highest BCUT2D eigenvalue weighted by Gasteiger charge is 2.32. The van der Waals surface area contributed by atoms with Gasteiger partial charge in [-0.3, -0.25) is 0 Å². The third-order valence-corrected chi connectivity index (χ3v) is 9.72. The molecule has 1 heterocycles. The first-order chi connectivity index (χ1) is 13.9. The number of piperidine rings is 1. The molecule has 0 unspecified atom stereocenters. The van der Waals surface area contributed by atoms with E-state index in [9.17, 15) is 25.3 Å². The van der Waals surface area contributed by atoms with E-state index in [2.05, 4.69) is 4.72 Å². The zero-order chi connectivity index (χ0) is 22.2. The van der Waals surface area contributed by atoms with E-state index < -0.39 is 29.9 Å². The minimum Gasteiger partial charge on any atom is -0.224 e. The topological polar surface area (TPSA) is 118 Å². The van der Waals surface area contributed by atoms with Gasteiger partial charge in [-0.05, 0) is 49.6 Å².